The van der Waals surface area contributed by atoms with Crippen molar-refractivity contribution in [3.05, 3.63) is 0 Å². The molecule has 1 saturated heterocycles. The van der Waals surface area contributed by atoms with Crippen molar-refractivity contribution in [2.75, 3.05) is 19.6 Å². The van der Waals surface area contributed by atoms with E-state index < -0.39 is 0 Å². The van der Waals surface area contributed by atoms with E-state index in [0.717, 1.165) is 29.8 Å². The Hall–Kier alpha value is -0.0800. The number of nitrogens with zero attached hydrogens (tertiary/aromatic N) is 1. The normalized spacial score (nSPS) is 37.8. The standard InChI is InChI=1S/C16H32N2/c1-12(2)10-17-11-15-7-8-16(15)18-9-5-6-13(3)14(18)4/h12-17H,5-11H2,1-4H3. The van der Waals surface area contributed by atoms with Crippen LogP contribution in [0.3, 0.4) is 0 Å². The molecule has 4 unspecified atom stereocenters. The lowest BCUT2D eigenvalue weighted by atomic mass is 9.76. The van der Waals surface area contributed by atoms with Crippen LogP contribution in [-0.4, -0.2) is 36.6 Å². The molecule has 1 saturated carbocycles. The molecule has 1 aliphatic heterocycles. The highest BCUT2D eigenvalue weighted by molar-refractivity contribution is 4.94. The molecule has 0 bridgehead atoms. The molecule has 1 aliphatic carbocycles. The van der Waals surface area contributed by atoms with Gasteiger partial charge in [0, 0.05) is 12.1 Å². The molecule has 0 aromatic heterocycles. The van der Waals surface area contributed by atoms with Gasteiger partial charge in [-0.2, -0.15) is 0 Å². The summed E-state index contributed by atoms with van der Waals surface area (Å²) in [6.07, 6.45) is 5.72. The van der Waals surface area contributed by atoms with Crippen LogP contribution < -0.4 is 5.32 Å². The average molecular weight is 252 g/mol. The second kappa shape index (κ2) is 6.38. The van der Waals surface area contributed by atoms with Crippen molar-refractivity contribution in [3.8, 4) is 0 Å². The highest BCUT2D eigenvalue weighted by Crippen LogP contribution is 2.36. The first-order chi connectivity index (χ1) is 8.59. The van der Waals surface area contributed by atoms with Gasteiger partial charge in [0.05, 0.1) is 0 Å². The molecule has 1 heterocycles. The van der Waals surface area contributed by atoms with Crippen molar-refractivity contribution >= 4 is 0 Å². The summed E-state index contributed by atoms with van der Waals surface area (Å²) < 4.78 is 0. The maximum atomic E-state index is 3.66. The minimum absolute atomic E-state index is 0.775. The minimum atomic E-state index is 0.775. The van der Waals surface area contributed by atoms with Gasteiger partial charge >= 0.3 is 0 Å². The third kappa shape index (κ3) is 3.27. The monoisotopic (exact) mass is 252 g/mol. The van der Waals surface area contributed by atoms with E-state index in [-0.39, 0.29) is 0 Å². The van der Waals surface area contributed by atoms with Gasteiger partial charge in [-0.15, -0.1) is 0 Å². The molecule has 4 atom stereocenters. The molecule has 2 rings (SSSR count). The maximum absolute atomic E-state index is 3.66. The highest BCUT2D eigenvalue weighted by Gasteiger charge is 2.39. The largest absolute Gasteiger partial charge is 0.316 e. The van der Waals surface area contributed by atoms with Crippen LogP contribution in [0.15, 0.2) is 0 Å². The predicted octanol–water partition coefficient (Wildman–Crippen LogP) is 3.13. The van der Waals surface area contributed by atoms with E-state index in [2.05, 4.69) is 37.9 Å². The summed E-state index contributed by atoms with van der Waals surface area (Å²) in [5, 5.41) is 3.66. The maximum Gasteiger partial charge on any atom is 0.0139 e. The molecule has 0 amide bonds. The quantitative estimate of drug-likeness (QED) is 0.809. The first kappa shape index (κ1) is 14.3. The summed E-state index contributed by atoms with van der Waals surface area (Å²) in [5.41, 5.74) is 0. The van der Waals surface area contributed by atoms with Crippen molar-refractivity contribution in [2.24, 2.45) is 17.8 Å². The summed E-state index contributed by atoms with van der Waals surface area (Å²) in [7, 11) is 0. The fourth-order valence-electron chi connectivity index (χ4n) is 3.62. The minimum Gasteiger partial charge on any atom is -0.316 e. The fourth-order valence-corrected chi connectivity index (χ4v) is 3.62. The Morgan fingerprint density at radius 2 is 1.94 bits per heavy atom. The van der Waals surface area contributed by atoms with E-state index in [1.807, 2.05) is 0 Å². The Bertz CT molecular complexity index is 251. The molecule has 0 aromatic rings. The fraction of sp³-hybridized carbons (Fsp3) is 1.00. The zero-order valence-corrected chi connectivity index (χ0v) is 12.8. The van der Waals surface area contributed by atoms with Gasteiger partial charge in [-0.25, -0.2) is 0 Å². The zero-order valence-electron chi connectivity index (χ0n) is 12.8. The molecule has 2 heteroatoms. The zero-order chi connectivity index (χ0) is 13.1. The lowest BCUT2D eigenvalue weighted by Gasteiger charge is -2.50. The van der Waals surface area contributed by atoms with E-state index in [0.29, 0.717) is 0 Å². The van der Waals surface area contributed by atoms with Crippen molar-refractivity contribution in [1.82, 2.24) is 10.2 Å². The molecule has 2 fully saturated rings. The van der Waals surface area contributed by atoms with E-state index in [1.54, 1.807) is 0 Å². The van der Waals surface area contributed by atoms with Gasteiger partial charge in [0.1, 0.15) is 0 Å². The van der Waals surface area contributed by atoms with Crippen LogP contribution in [0, 0.1) is 17.8 Å². The third-order valence-electron chi connectivity index (χ3n) is 5.18. The lowest BCUT2D eigenvalue weighted by molar-refractivity contribution is -0.00662. The highest BCUT2D eigenvalue weighted by atomic mass is 15.2. The molecule has 0 radical (unpaired) electrons. The van der Waals surface area contributed by atoms with Crippen LogP contribution in [0.1, 0.15) is 53.4 Å². The van der Waals surface area contributed by atoms with Crippen molar-refractivity contribution in [1.29, 1.82) is 0 Å². The Kier molecular flexibility index (Phi) is 5.08. The van der Waals surface area contributed by atoms with Crippen molar-refractivity contribution in [2.45, 2.75) is 65.5 Å². The Morgan fingerprint density at radius 1 is 1.17 bits per heavy atom. The second-order valence-electron chi connectivity index (χ2n) is 7.05. The van der Waals surface area contributed by atoms with Crippen LogP contribution in [0.5, 0.6) is 0 Å². The molecule has 2 nitrogen and oxygen atoms in total. The van der Waals surface area contributed by atoms with Crippen LogP contribution in [0.4, 0.5) is 0 Å². The summed E-state index contributed by atoms with van der Waals surface area (Å²) >= 11 is 0. The van der Waals surface area contributed by atoms with Gasteiger partial charge in [0.15, 0.2) is 0 Å². The molecule has 18 heavy (non-hydrogen) atoms. The van der Waals surface area contributed by atoms with Gasteiger partial charge in [-0.3, -0.25) is 4.90 Å². The number of likely N-dealkylation sites (tertiary alicyclic amines) is 1. The molecule has 0 spiro atoms. The Balaban J connectivity index is 1.78. The van der Waals surface area contributed by atoms with E-state index in [9.17, 15) is 0 Å². The number of nitrogens with one attached hydrogen (secondary N) is 1. The third-order valence-corrected chi connectivity index (χ3v) is 5.18. The van der Waals surface area contributed by atoms with E-state index >= 15 is 0 Å². The van der Waals surface area contributed by atoms with Gasteiger partial charge in [-0.1, -0.05) is 20.8 Å². The average Bonchev–Trinajstić information content (AvgIpc) is 2.29. The summed E-state index contributed by atoms with van der Waals surface area (Å²) in [5.74, 6) is 2.58. The van der Waals surface area contributed by atoms with Crippen LogP contribution in [-0.2, 0) is 0 Å². The Labute approximate surface area is 114 Å². The van der Waals surface area contributed by atoms with Crippen LogP contribution >= 0.6 is 0 Å². The number of rotatable bonds is 5. The molecule has 0 aromatic carbocycles. The summed E-state index contributed by atoms with van der Waals surface area (Å²) in [6, 6.07) is 1.68. The Morgan fingerprint density at radius 3 is 2.56 bits per heavy atom. The SMILES string of the molecule is CC(C)CNCC1CCC1N1CCCC(C)C1C. The molecule has 2 aliphatic rings. The van der Waals surface area contributed by atoms with Gasteiger partial charge < -0.3 is 5.32 Å². The van der Waals surface area contributed by atoms with Gasteiger partial charge in [0.2, 0.25) is 0 Å². The summed E-state index contributed by atoms with van der Waals surface area (Å²) in [6.45, 7) is 13.2. The van der Waals surface area contributed by atoms with E-state index in [4.69, 9.17) is 0 Å². The van der Waals surface area contributed by atoms with Crippen LogP contribution in [0.25, 0.3) is 0 Å². The van der Waals surface area contributed by atoms with Crippen molar-refractivity contribution in [3.63, 3.8) is 0 Å². The first-order valence-electron chi connectivity index (χ1n) is 8.06. The molecular formula is C16H32N2. The molecular weight excluding hydrogens is 220 g/mol. The predicted molar refractivity (Wildman–Crippen MR) is 78.8 cm³/mol. The molecule has 1 N–H and O–H groups in total. The van der Waals surface area contributed by atoms with E-state index in [1.165, 1.54) is 45.3 Å². The second-order valence-corrected chi connectivity index (χ2v) is 7.05. The van der Waals surface area contributed by atoms with Crippen molar-refractivity contribution < 1.29 is 0 Å². The molecule has 106 valence electrons. The van der Waals surface area contributed by atoms with Gasteiger partial charge in [0.25, 0.3) is 0 Å². The first-order valence-corrected chi connectivity index (χ1v) is 8.06. The number of hydrogen-bond donors (Lipinski definition) is 1. The summed E-state index contributed by atoms with van der Waals surface area (Å²) in [4.78, 5) is 2.82. The number of piperidine rings is 1. The topological polar surface area (TPSA) is 15.3 Å². The lowest BCUT2D eigenvalue weighted by Crippen LogP contribution is -2.56. The number of hydrogen-bond acceptors (Lipinski definition) is 2. The smallest absolute Gasteiger partial charge is 0.0139 e. The van der Waals surface area contributed by atoms with Gasteiger partial charge in [-0.05, 0) is 70.0 Å². The van der Waals surface area contributed by atoms with Crippen LogP contribution in [0.2, 0.25) is 0 Å².